The minimum atomic E-state index is -2.33. The molecule has 0 aromatic heterocycles. The molecule has 0 bridgehead atoms. The summed E-state index contributed by atoms with van der Waals surface area (Å²) in [5, 5.41) is 2.82. The normalized spacial score (nSPS) is 14.8. The van der Waals surface area contributed by atoms with Gasteiger partial charge in [-0.2, -0.15) is 8.78 Å². The van der Waals surface area contributed by atoms with Crippen molar-refractivity contribution in [1.82, 2.24) is 0 Å². The minimum Gasteiger partial charge on any atom is -0.485 e. The number of fused-ring (bicyclic) bond motifs is 1. The van der Waals surface area contributed by atoms with Gasteiger partial charge in [-0.1, -0.05) is 12.1 Å². The van der Waals surface area contributed by atoms with Crippen LogP contribution in [0, 0.1) is 0 Å². The molecule has 120 valence electrons. The van der Waals surface area contributed by atoms with Crippen LogP contribution in [-0.4, -0.2) is 17.4 Å². The van der Waals surface area contributed by atoms with E-state index < -0.39 is 18.3 Å². The van der Waals surface area contributed by atoms with Crippen LogP contribution in [0.3, 0.4) is 0 Å². The molecule has 0 amide bonds. The van der Waals surface area contributed by atoms with Crippen LogP contribution < -0.4 is 10.1 Å². The van der Waals surface area contributed by atoms with Crippen molar-refractivity contribution in [2.24, 2.45) is 0 Å². The lowest BCUT2D eigenvalue weighted by Crippen LogP contribution is -2.25. The van der Waals surface area contributed by atoms with E-state index >= 15 is 0 Å². The smallest absolute Gasteiger partial charge is 0.301 e. The zero-order chi connectivity index (χ0) is 16.3. The van der Waals surface area contributed by atoms with Gasteiger partial charge in [-0.05, 0) is 32.1 Å². The van der Waals surface area contributed by atoms with Crippen LogP contribution in [0.2, 0.25) is 0 Å². The van der Waals surface area contributed by atoms with Gasteiger partial charge in [0.2, 0.25) is 0 Å². The summed E-state index contributed by atoms with van der Waals surface area (Å²) in [5.74, 6) is -0.798. The predicted octanol–water partition coefficient (Wildman–Crippen LogP) is 4.58. The first kappa shape index (κ1) is 16.6. The molecule has 7 heteroatoms. The molecule has 0 unspecified atom stereocenters. The van der Waals surface area contributed by atoms with Crippen LogP contribution in [0.1, 0.15) is 25.8 Å². The molecule has 1 aliphatic heterocycles. The monoisotopic (exact) mass is 331 g/mol. The molecule has 22 heavy (non-hydrogen) atoms. The molecule has 0 radical (unpaired) electrons. The van der Waals surface area contributed by atoms with E-state index in [1.54, 1.807) is 6.07 Å². The van der Waals surface area contributed by atoms with E-state index in [1.807, 2.05) is 26.0 Å². The second-order valence-corrected chi connectivity index (χ2v) is 5.88. The molecule has 0 aliphatic carbocycles. The highest BCUT2D eigenvalue weighted by molar-refractivity contribution is 7.80. The summed E-state index contributed by atoms with van der Waals surface area (Å²) in [6, 6.07) is 5.59. The van der Waals surface area contributed by atoms with Crippen LogP contribution in [-0.2, 0) is 11.2 Å². The van der Waals surface area contributed by atoms with E-state index in [4.69, 9.17) is 21.7 Å². The molecule has 0 fully saturated rings. The predicted molar refractivity (Wildman–Crippen MR) is 82.0 cm³/mol. The van der Waals surface area contributed by atoms with Gasteiger partial charge < -0.3 is 14.8 Å². The van der Waals surface area contributed by atoms with Crippen LogP contribution in [0.15, 0.2) is 30.1 Å². The van der Waals surface area contributed by atoms with Crippen LogP contribution in [0.25, 0.3) is 0 Å². The van der Waals surface area contributed by atoms with Crippen molar-refractivity contribution in [2.75, 3.05) is 11.9 Å². The standard InChI is InChI=1S/C15H16F3NO2S/c1-15(2)8-9-4-3-5-11(12(9)21-15)19-14(22)20-7-6-10(16)13(17)18/h3-5H,6-8H2,1-2H3,(H,19,22). The number of rotatable bonds is 4. The van der Waals surface area contributed by atoms with Crippen LogP contribution in [0.5, 0.6) is 5.75 Å². The number of nitrogens with one attached hydrogen (secondary N) is 1. The zero-order valence-corrected chi connectivity index (χ0v) is 13.0. The second kappa shape index (κ2) is 6.56. The van der Waals surface area contributed by atoms with E-state index in [2.05, 4.69) is 5.32 Å². The van der Waals surface area contributed by atoms with Gasteiger partial charge >= 0.3 is 6.08 Å². The molecule has 1 N–H and O–H groups in total. The van der Waals surface area contributed by atoms with E-state index in [9.17, 15) is 13.2 Å². The van der Waals surface area contributed by atoms with Crippen molar-refractivity contribution in [1.29, 1.82) is 0 Å². The number of hydrogen-bond acceptors (Lipinski definition) is 3. The molecule has 1 aromatic rings. The Morgan fingerprint density at radius 1 is 1.36 bits per heavy atom. The second-order valence-electron chi connectivity index (χ2n) is 5.51. The number of halogens is 3. The van der Waals surface area contributed by atoms with E-state index in [1.165, 1.54) is 0 Å². The fourth-order valence-corrected chi connectivity index (χ4v) is 2.38. The fraction of sp³-hybridized carbons (Fsp3) is 0.400. The molecular formula is C15H16F3NO2S. The maximum Gasteiger partial charge on any atom is 0.301 e. The van der Waals surface area contributed by atoms with Gasteiger partial charge in [0, 0.05) is 18.4 Å². The summed E-state index contributed by atoms with van der Waals surface area (Å²) in [7, 11) is 0. The Kier molecular flexibility index (Phi) is 4.95. The summed E-state index contributed by atoms with van der Waals surface area (Å²) >= 11 is 4.97. The molecule has 0 saturated carbocycles. The molecule has 0 spiro atoms. The Bertz CT molecular complexity index is 613. The number of benzene rings is 1. The quantitative estimate of drug-likeness (QED) is 0.818. The average molecular weight is 331 g/mol. The topological polar surface area (TPSA) is 30.5 Å². The van der Waals surface area contributed by atoms with Crippen molar-refractivity contribution in [3.05, 3.63) is 35.7 Å². The molecule has 1 heterocycles. The largest absolute Gasteiger partial charge is 0.485 e. The van der Waals surface area contributed by atoms with Gasteiger partial charge in [0.15, 0.2) is 5.83 Å². The summed E-state index contributed by atoms with van der Waals surface area (Å²) in [6.07, 6.45) is -2.09. The maximum atomic E-state index is 12.6. The van der Waals surface area contributed by atoms with Crippen molar-refractivity contribution in [3.63, 3.8) is 0 Å². The number of ether oxygens (including phenoxy) is 2. The number of hydrogen-bond donors (Lipinski definition) is 1. The summed E-state index contributed by atoms with van der Waals surface area (Å²) < 4.78 is 47.3. The first-order chi connectivity index (χ1) is 10.3. The van der Waals surface area contributed by atoms with Crippen molar-refractivity contribution >= 4 is 23.1 Å². The van der Waals surface area contributed by atoms with E-state index in [0.717, 1.165) is 12.0 Å². The Balaban J connectivity index is 1.94. The highest BCUT2D eigenvalue weighted by Gasteiger charge is 2.31. The average Bonchev–Trinajstić information content (AvgIpc) is 2.73. The molecule has 1 aliphatic rings. The maximum absolute atomic E-state index is 12.6. The van der Waals surface area contributed by atoms with Gasteiger partial charge in [0.1, 0.15) is 11.4 Å². The van der Waals surface area contributed by atoms with Crippen molar-refractivity contribution in [3.8, 4) is 5.75 Å². The van der Waals surface area contributed by atoms with Gasteiger partial charge in [0.25, 0.3) is 5.17 Å². The number of thiocarbonyl (C=S) groups is 1. The van der Waals surface area contributed by atoms with Gasteiger partial charge in [-0.3, -0.25) is 0 Å². The zero-order valence-electron chi connectivity index (χ0n) is 12.2. The SMILES string of the molecule is CC1(C)Cc2cccc(NC(=S)OCCC(F)=C(F)F)c2O1. The Labute approximate surface area is 132 Å². The van der Waals surface area contributed by atoms with Gasteiger partial charge in [-0.25, -0.2) is 4.39 Å². The molecule has 0 atom stereocenters. The molecular weight excluding hydrogens is 315 g/mol. The third-order valence-electron chi connectivity index (χ3n) is 3.09. The summed E-state index contributed by atoms with van der Waals surface area (Å²) in [6.45, 7) is 3.69. The summed E-state index contributed by atoms with van der Waals surface area (Å²) in [4.78, 5) is 0. The first-order valence-corrected chi connectivity index (χ1v) is 7.14. The molecule has 0 saturated heterocycles. The Hall–Kier alpha value is -1.76. The molecule has 1 aromatic carbocycles. The Morgan fingerprint density at radius 3 is 2.77 bits per heavy atom. The van der Waals surface area contributed by atoms with E-state index in [-0.39, 0.29) is 17.4 Å². The van der Waals surface area contributed by atoms with Gasteiger partial charge in [0.05, 0.1) is 12.3 Å². The summed E-state index contributed by atoms with van der Waals surface area (Å²) in [5.41, 5.74) is 1.39. The number of anilines is 1. The lowest BCUT2D eigenvalue weighted by Gasteiger charge is -2.18. The lowest BCUT2D eigenvalue weighted by molar-refractivity contribution is 0.139. The third kappa shape index (κ3) is 4.13. The Morgan fingerprint density at radius 2 is 2.09 bits per heavy atom. The van der Waals surface area contributed by atoms with Crippen molar-refractivity contribution < 1.29 is 22.6 Å². The fourth-order valence-electron chi connectivity index (χ4n) is 2.19. The molecule has 3 nitrogen and oxygen atoms in total. The van der Waals surface area contributed by atoms with Gasteiger partial charge in [-0.15, -0.1) is 0 Å². The van der Waals surface area contributed by atoms with Crippen LogP contribution in [0.4, 0.5) is 18.9 Å². The third-order valence-corrected chi connectivity index (χ3v) is 3.31. The lowest BCUT2D eigenvalue weighted by atomic mass is 10.0. The molecule has 2 rings (SSSR count). The highest BCUT2D eigenvalue weighted by atomic mass is 32.1. The van der Waals surface area contributed by atoms with E-state index in [0.29, 0.717) is 11.4 Å². The number of para-hydroxylation sites is 1. The first-order valence-electron chi connectivity index (χ1n) is 6.73. The highest BCUT2D eigenvalue weighted by Crippen LogP contribution is 2.40. The van der Waals surface area contributed by atoms with Crippen LogP contribution >= 0.6 is 12.2 Å². The minimum absolute atomic E-state index is 0.0197. The van der Waals surface area contributed by atoms with Crippen molar-refractivity contribution in [2.45, 2.75) is 32.3 Å².